The highest BCUT2D eigenvalue weighted by molar-refractivity contribution is 5.81. The van der Waals surface area contributed by atoms with Crippen LogP contribution in [0.3, 0.4) is 0 Å². The Labute approximate surface area is 162 Å². The molecule has 1 unspecified atom stereocenters. The van der Waals surface area contributed by atoms with Gasteiger partial charge in [-0.15, -0.1) is 0 Å². The minimum atomic E-state index is -4.41. The number of amides is 1. The van der Waals surface area contributed by atoms with Gasteiger partial charge in [0, 0.05) is 38.8 Å². The molecule has 1 fully saturated rings. The number of nitrogens with zero attached hydrogens (tertiary/aromatic N) is 3. The van der Waals surface area contributed by atoms with Crippen molar-refractivity contribution in [1.82, 2.24) is 20.0 Å². The fourth-order valence-electron chi connectivity index (χ4n) is 3.91. The first kappa shape index (κ1) is 20.4. The van der Waals surface area contributed by atoms with Gasteiger partial charge in [0.15, 0.2) is 0 Å². The van der Waals surface area contributed by atoms with Crippen LogP contribution in [0.1, 0.15) is 42.5 Å². The Kier molecular flexibility index (Phi) is 5.79. The van der Waals surface area contributed by atoms with Crippen molar-refractivity contribution in [3.8, 4) is 0 Å². The van der Waals surface area contributed by atoms with Crippen LogP contribution in [0.5, 0.6) is 0 Å². The summed E-state index contributed by atoms with van der Waals surface area (Å²) in [6.07, 6.45) is -0.730. The lowest BCUT2D eigenvalue weighted by molar-refractivity contribution is -0.137. The molecular weight excluding hydrogens is 369 g/mol. The summed E-state index contributed by atoms with van der Waals surface area (Å²) in [5.41, 5.74) is 0.777. The predicted molar refractivity (Wildman–Crippen MR) is 99.6 cm³/mol. The highest BCUT2D eigenvalue weighted by atomic mass is 19.4. The number of carbonyl (C=O) groups excluding carboxylic acids is 1. The smallest absolute Gasteiger partial charge is 0.336 e. The van der Waals surface area contributed by atoms with Gasteiger partial charge < -0.3 is 10.2 Å². The largest absolute Gasteiger partial charge is 0.416 e. The van der Waals surface area contributed by atoms with Crippen molar-refractivity contribution in [2.45, 2.75) is 32.0 Å². The molecule has 1 amide bonds. The number of hydrogen-bond acceptors (Lipinski definition) is 3. The van der Waals surface area contributed by atoms with Gasteiger partial charge in [0.1, 0.15) is 0 Å². The molecule has 152 valence electrons. The van der Waals surface area contributed by atoms with Crippen LogP contribution < -0.4 is 5.32 Å². The normalized spacial score (nSPS) is 20.9. The van der Waals surface area contributed by atoms with Crippen LogP contribution in [-0.2, 0) is 18.0 Å². The molecule has 1 saturated heterocycles. The Morgan fingerprint density at radius 2 is 2.14 bits per heavy atom. The van der Waals surface area contributed by atoms with Gasteiger partial charge in [-0.25, -0.2) is 0 Å². The first-order valence-electron chi connectivity index (χ1n) is 9.39. The van der Waals surface area contributed by atoms with E-state index in [0.29, 0.717) is 25.2 Å². The lowest BCUT2D eigenvalue weighted by Crippen LogP contribution is -2.40. The van der Waals surface area contributed by atoms with Crippen molar-refractivity contribution >= 4 is 5.91 Å². The molecule has 3 rings (SSSR count). The van der Waals surface area contributed by atoms with Crippen LogP contribution in [0.2, 0.25) is 0 Å². The van der Waals surface area contributed by atoms with Crippen LogP contribution in [-0.4, -0.2) is 40.2 Å². The summed E-state index contributed by atoms with van der Waals surface area (Å²) < 4.78 is 40.9. The van der Waals surface area contributed by atoms with Gasteiger partial charge >= 0.3 is 6.18 Å². The van der Waals surface area contributed by atoms with E-state index >= 15 is 0 Å². The first-order valence-corrected chi connectivity index (χ1v) is 9.39. The van der Waals surface area contributed by atoms with E-state index in [1.165, 1.54) is 6.07 Å². The Hall–Kier alpha value is -2.35. The molecule has 0 radical (unpaired) electrons. The standard InChI is InChI=1S/C20H25F3N4O/c1-4-27(13(2)14-6-5-7-16(8-14)20(21,22)23)19(28)18-11-24-10-17(18)15-9-25-26(3)12-15/h5-9,12-13,17-18,24H,4,10-11H2,1-3H3/t13?,17-,18+/m1/s1. The van der Waals surface area contributed by atoms with Crippen LogP contribution in [0.4, 0.5) is 13.2 Å². The number of aryl methyl sites for hydroxylation is 1. The maximum absolute atomic E-state index is 13.3. The van der Waals surface area contributed by atoms with Crippen LogP contribution >= 0.6 is 0 Å². The monoisotopic (exact) mass is 394 g/mol. The summed E-state index contributed by atoms with van der Waals surface area (Å²) >= 11 is 0. The molecule has 0 aliphatic carbocycles. The van der Waals surface area contributed by atoms with Crippen molar-refractivity contribution < 1.29 is 18.0 Å². The second-order valence-electron chi connectivity index (χ2n) is 7.24. The van der Waals surface area contributed by atoms with Crippen LogP contribution in [0, 0.1) is 5.92 Å². The quantitative estimate of drug-likeness (QED) is 0.846. The van der Waals surface area contributed by atoms with Gasteiger partial charge in [-0.3, -0.25) is 9.48 Å². The summed E-state index contributed by atoms with van der Waals surface area (Å²) in [5.74, 6) is -0.312. The molecule has 2 aromatic rings. The number of rotatable bonds is 5. The van der Waals surface area contributed by atoms with E-state index < -0.39 is 17.8 Å². The number of hydrogen-bond donors (Lipinski definition) is 1. The molecule has 0 bridgehead atoms. The van der Waals surface area contributed by atoms with E-state index in [-0.39, 0.29) is 17.7 Å². The highest BCUT2D eigenvalue weighted by Crippen LogP contribution is 2.34. The van der Waals surface area contributed by atoms with Crippen LogP contribution in [0.25, 0.3) is 0 Å². The van der Waals surface area contributed by atoms with E-state index in [1.54, 1.807) is 28.8 Å². The zero-order valence-corrected chi connectivity index (χ0v) is 16.2. The summed E-state index contributed by atoms with van der Waals surface area (Å²) in [4.78, 5) is 15.0. The average molecular weight is 394 g/mol. The van der Waals surface area contributed by atoms with Gasteiger partial charge in [-0.2, -0.15) is 18.3 Å². The van der Waals surface area contributed by atoms with Crippen molar-refractivity contribution in [3.63, 3.8) is 0 Å². The molecule has 1 N–H and O–H groups in total. The van der Waals surface area contributed by atoms with Crippen LogP contribution in [0.15, 0.2) is 36.7 Å². The third-order valence-corrected chi connectivity index (χ3v) is 5.47. The predicted octanol–water partition coefficient (Wildman–Crippen LogP) is 3.35. The molecule has 1 aromatic carbocycles. The summed E-state index contributed by atoms with van der Waals surface area (Å²) in [6, 6.07) is 4.76. The van der Waals surface area contributed by atoms with Crippen molar-refractivity contribution in [1.29, 1.82) is 0 Å². The average Bonchev–Trinajstić information content (AvgIpc) is 3.30. The SMILES string of the molecule is CCN(C(=O)[C@H]1CNC[C@@H]1c1cnn(C)c1)C(C)c1cccc(C(F)(F)F)c1. The van der Waals surface area contributed by atoms with E-state index in [2.05, 4.69) is 10.4 Å². The summed E-state index contributed by atoms with van der Waals surface area (Å²) in [6.45, 7) is 5.27. The molecule has 8 heteroatoms. The fourth-order valence-corrected chi connectivity index (χ4v) is 3.91. The van der Waals surface area contributed by atoms with E-state index in [1.807, 2.05) is 20.2 Å². The third-order valence-electron chi connectivity index (χ3n) is 5.47. The topological polar surface area (TPSA) is 50.2 Å². The molecule has 2 heterocycles. The zero-order chi connectivity index (χ0) is 20.5. The number of nitrogens with one attached hydrogen (secondary N) is 1. The summed E-state index contributed by atoms with van der Waals surface area (Å²) in [5, 5.41) is 7.46. The number of carbonyl (C=O) groups is 1. The Morgan fingerprint density at radius 3 is 2.75 bits per heavy atom. The molecule has 1 aromatic heterocycles. The van der Waals surface area contributed by atoms with E-state index in [4.69, 9.17) is 0 Å². The lowest BCUT2D eigenvalue weighted by Gasteiger charge is -2.32. The van der Waals surface area contributed by atoms with E-state index in [9.17, 15) is 18.0 Å². The maximum Gasteiger partial charge on any atom is 0.416 e. The third kappa shape index (κ3) is 4.06. The first-order chi connectivity index (χ1) is 13.2. The van der Waals surface area contributed by atoms with E-state index in [0.717, 1.165) is 17.7 Å². The molecule has 28 heavy (non-hydrogen) atoms. The van der Waals surface area contributed by atoms with Crippen molar-refractivity contribution in [2.24, 2.45) is 13.0 Å². The lowest BCUT2D eigenvalue weighted by atomic mass is 9.89. The van der Waals surface area contributed by atoms with Crippen molar-refractivity contribution in [2.75, 3.05) is 19.6 Å². The second-order valence-corrected chi connectivity index (χ2v) is 7.24. The highest BCUT2D eigenvalue weighted by Gasteiger charge is 2.38. The molecule has 0 spiro atoms. The number of benzene rings is 1. The van der Waals surface area contributed by atoms with Gasteiger partial charge in [0.2, 0.25) is 5.91 Å². The number of alkyl halides is 3. The van der Waals surface area contributed by atoms with Crippen molar-refractivity contribution in [3.05, 3.63) is 53.3 Å². The molecule has 5 nitrogen and oxygen atoms in total. The summed E-state index contributed by atoms with van der Waals surface area (Å²) in [7, 11) is 1.83. The Bertz CT molecular complexity index is 833. The maximum atomic E-state index is 13.3. The number of halogens is 3. The molecule has 0 saturated carbocycles. The Balaban J connectivity index is 1.83. The second kappa shape index (κ2) is 7.95. The number of aromatic nitrogens is 2. The van der Waals surface area contributed by atoms with Gasteiger partial charge in [-0.1, -0.05) is 12.1 Å². The van der Waals surface area contributed by atoms with Gasteiger partial charge in [0.25, 0.3) is 0 Å². The van der Waals surface area contributed by atoms with Gasteiger partial charge in [-0.05, 0) is 37.1 Å². The van der Waals surface area contributed by atoms with Gasteiger partial charge in [0.05, 0.1) is 23.7 Å². The zero-order valence-electron chi connectivity index (χ0n) is 16.2. The molecular formula is C20H25F3N4O. The Morgan fingerprint density at radius 1 is 1.39 bits per heavy atom. The molecule has 3 atom stereocenters. The fraction of sp³-hybridized carbons (Fsp3) is 0.500. The molecule has 1 aliphatic rings. The molecule has 1 aliphatic heterocycles. The minimum absolute atomic E-state index is 0.00367. The minimum Gasteiger partial charge on any atom is -0.336 e.